The maximum atomic E-state index is 12.7. The topological polar surface area (TPSA) is 54.0 Å². The van der Waals surface area contributed by atoms with E-state index >= 15 is 0 Å². The third kappa shape index (κ3) is 2.29. The lowest BCUT2D eigenvalue weighted by atomic mass is 10.1. The number of carbonyl (C=O) groups is 1. The van der Waals surface area contributed by atoms with Gasteiger partial charge in [0.25, 0.3) is 0 Å². The predicted octanol–water partition coefficient (Wildman–Crippen LogP) is 3.25. The normalized spacial score (nSPS) is 16.4. The number of ether oxygens (including phenoxy) is 4. The minimum Gasteiger partial charge on any atom is -0.493 e. The van der Waals surface area contributed by atoms with E-state index in [4.69, 9.17) is 18.9 Å². The summed E-state index contributed by atoms with van der Waals surface area (Å²) in [5.74, 6) is 2.66. The van der Waals surface area contributed by atoms with Crippen LogP contribution in [-0.4, -0.2) is 26.8 Å². The molecule has 2 aliphatic rings. The van der Waals surface area contributed by atoms with Crippen molar-refractivity contribution in [3.63, 3.8) is 0 Å². The van der Waals surface area contributed by atoms with E-state index in [0.29, 0.717) is 35.0 Å². The first kappa shape index (κ1) is 14.6. The Balaban J connectivity index is 1.68. The predicted molar refractivity (Wildman–Crippen MR) is 88.1 cm³/mol. The van der Waals surface area contributed by atoms with E-state index in [1.165, 1.54) is 0 Å². The minimum atomic E-state index is 0.0260. The molecule has 0 bridgehead atoms. The highest BCUT2D eigenvalue weighted by Gasteiger charge is 2.28. The number of rotatable bonds is 3. The molecule has 1 heterocycles. The maximum absolute atomic E-state index is 12.7. The summed E-state index contributed by atoms with van der Waals surface area (Å²) in [5.41, 5.74) is 3.28. The molecule has 122 valence electrons. The second-order valence-corrected chi connectivity index (χ2v) is 5.65. The van der Waals surface area contributed by atoms with Gasteiger partial charge in [-0.2, -0.15) is 0 Å². The van der Waals surface area contributed by atoms with Crippen molar-refractivity contribution in [2.75, 3.05) is 21.0 Å². The van der Waals surface area contributed by atoms with Gasteiger partial charge in [-0.1, -0.05) is 6.07 Å². The van der Waals surface area contributed by atoms with Crippen LogP contribution in [0.5, 0.6) is 23.0 Å². The Kier molecular flexibility index (Phi) is 3.41. The molecular weight excluding hydrogens is 308 g/mol. The van der Waals surface area contributed by atoms with Crippen LogP contribution in [0.15, 0.2) is 35.9 Å². The largest absolute Gasteiger partial charge is 0.493 e. The summed E-state index contributed by atoms with van der Waals surface area (Å²) >= 11 is 0. The first-order valence-corrected chi connectivity index (χ1v) is 7.59. The highest BCUT2D eigenvalue weighted by atomic mass is 16.7. The monoisotopic (exact) mass is 324 g/mol. The van der Waals surface area contributed by atoms with Crippen LogP contribution >= 0.6 is 0 Å². The SMILES string of the molecule is COc1ccc(/C=C2\Cc3cc4c(cc3C2=O)OCO4)cc1OC. The van der Waals surface area contributed by atoms with Crippen LogP contribution < -0.4 is 18.9 Å². The van der Waals surface area contributed by atoms with Gasteiger partial charge in [0.1, 0.15) is 0 Å². The molecule has 0 aromatic heterocycles. The van der Waals surface area contributed by atoms with Crippen molar-refractivity contribution in [1.82, 2.24) is 0 Å². The van der Waals surface area contributed by atoms with Gasteiger partial charge in [0.15, 0.2) is 28.8 Å². The summed E-state index contributed by atoms with van der Waals surface area (Å²) in [7, 11) is 3.18. The Labute approximate surface area is 139 Å². The number of hydrogen-bond acceptors (Lipinski definition) is 5. The smallest absolute Gasteiger partial charge is 0.231 e. The zero-order valence-corrected chi connectivity index (χ0v) is 13.4. The molecule has 0 spiro atoms. The number of carbonyl (C=O) groups excluding carboxylic acids is 1. The summed E-state index contributed by atoms with van der Waals surface area (Å²) < 4.78 is 21.3. The van der Waals surface area contributed by atoms with Gasteiger partial charge in [0, 0.05) is 17.6 Å². The van der Waals surface area contributed by atoms with Crippen molar-refractivity contribution in [3.05, 3.63) is 52.6 Å². The summed E-state index contributed by atoms with van der Waals surface area (Å²) in [6.07, 6.45) is 2.47. The van der Waals surface area contributed by atoms with Crippen molar-refractivity contribution in [2.24, 2.45) is 0 Å². The third-order valence-electron chi connectivity index (χ3n) is 4.26. The van der Waals surface area contributed by atoms with E-state index in [2.05, 4.69) is 0 Å². The molecule has 2 aromatic rings. The molecular formula is C19H16O5. The molecule has 4 rings (SSSR count). The summed E-state index contributed by atoms with van der Waals surface area (Å²) in [6.45, 7) is 0.209. The van der Waals surface area contributed by atoms with Crippen molar-refractivity contribution < 1.29 is 23.7 Å². The Morgan fingerprint density at radius 3 is 2.50 bits per heavy atom. The molecule has 0 N–H and O–H groups in total. The van der Waals surface area contributed by atoms with E-state index < -0.39 is 0 Å². The van der Waals surface area contributed by atoms with Gasteiger partial charge in [-0.25, -0.2) is 0 Å². The summed E-state index contributed by atoms with van der Waals surface area (Å²) in [5, 5.41) is 0. The fraction of sp³-hybridized carbons (Fsp3) is 0.211. The molecule has 0 fully saturated rings. The Hall–Kier alpha value is -2.95. The second kappa shape index (κ2) is 5.60. The minimum absolute atomic E-state index is 0.0260. The van der Waals surface area contributed by atoms with E-state index in [0.717, 1.165) is 16.7 Å². The lowest BCUT2D eigenvalue weighted by Gasteiger charge is -2.08. The van der Waals surface area contributed by atoms with E-state index in [1.54, 1.807) is 20.3 Å². The molecule has 2 aromatic carbocycles. The molecule has 0 saturated carbocycles. The average molecular weight is 324 g/mol. The molecule has 24 heavy (non-hydrogen) atoms. The molecule has 0 unspecified atom stereocenters. The lowest BCUT2D eigenvalue weighted by Crippen LogP contribution is -1.96. The van der Waals surface area contributed by atoms with Gasteiger partial charge in [0.05, 0.1) is 14.2 Å². The first-order chi connectivity index (χ1) is 11.7. The number of hydrogen-bond donors (Lipinski definition) is 0. The third-order valence-corrected chi connectivity index (χ3v) is 4.26. The number of fused-ring (bicyclic) bond motifs is 2. The van der Waals surface area contributed by atoms with Crippen LogP contribution in [0.1, 0.15) is 21.5 Å². The van der Waals surface area contributed by atoms with Crippen LogP contribution in [0.2, 0.25) is 0 Å². The number of benzene rings is 2. The molecule has 0 atom stereocenters. The molecule has 0 radical (unpaired) electrons. The van der Waals surface area contributed by atoms with E-state index in [-0.39, 0.29) is 12.6 Å². The van der Waals surface area contributed by atoms with Crippen molar-refractivity contribution in [1.29, 1.82) is 0 Å². The molecule has 1 aliphatic carbocycles. The van der Waals surface area contributed by atoms with Gasteiger partial charge in [-0.3, -0.25) is 4.79 Å². The fourth-order valence-electron chi connectivity index (χ4n) is 3.06. The van der Waals surface area contributed by atoms with Crippen molar-refractivity contribution in [2.45, 2.75) is 6.42 Å². The van der Waals surface area contributed by atoms with Gasteiger partial charge in [-0.05, 0) is 41.5 Å². The van der Waals surface area contributed by atoms with Crippen LogP contribution in [0, 0.1) is 0 Å². The summed E-state index contributed by atoms with van der Waals surface area (Å²) in [4.78, 5) is 12.7. The number of Topliss-reactive ketones (excluding diaryl/α,β-unsaturated/α-hetero) is 1. The molecule has 0 saturated heterocycles. The van der Waals surface area contributed by atoms with Crippen LogP contribution in [0.3, 0.4) is 0 Å². The van der Waals surface area contributed by atoms with Crippen LogP contribution in [0.25, 0.3) is 6.08 Å². The van der Waals surface area contributed by atoms with Crippen molar-refractivity contribution in [3.8, 4) is 23.0 Å². The lowest BCUT2D eigenvalue weighted by molar-refractivity contribution is 0.104. The van der Waals surface area contributed by atoms with Crippen molar-refractivity contribution >= 4 is 11.9 Å². The van der Waals surface area contributed by atoms with E-state index in [1.807, 2.05) is 30.3 Å². The summed E-state index contributed by atoms with van der Waals surface area (Å²) in [6, 6.07) is 9.25. The van der Waals surface area contributed by atoms with Gasteiger partial charge in [-0.15, -0.1) is 0 Å². The highest BCUT2D eigenvalue weighted by Crippen LogP contribution is 2.39. The molecule has 1 aliphatic heterocycles. The second-order valence-electron chi connectivity index (χ2n) is 5.65. The molecule has 0 amide bonds. The zero-order valence-electron chi connectivity index (χ0n) is 13.4. The quantitative estimate of drug-likeness (QED) is 0.811. The average Bonchev–Trinajstić information content (AvgIpc) is 3.17. The Morgan fingerprint density at radius 2 is 1.75 bits per heavy atom. The van der Waals surface area contributed by atoms with Gasteiger partial charge >= 0.3 is 0 Å². The van der Waals surface area contributed by atoms with Gasteiger partial charge in [0.2, 0.25) is 6.79 Å². The standard InChI is InChI=1S/C19H16O5/c1-21-15-4-3-11(6-16(15)22-2)5-13-7-12-8-17-18(24-10-23-17)9-14(12)19(13)20/h3-6,8-9H,7,10H2,1-2H3/b13-5+. The number of methoxy groups -OCH3 is 2. The molecule has 5 nitrogen and oxygen atoms in total. The number of allylic oxidation sites excluding steroid dienone is 1. The number of ketones is 1. The van der Waals surface area contributed by atoms with Crippen LogP contribution in [0.4, 0.5) is 0 Å². The Bertz CT molecular complexity index is 866. The van der Waals surface area contributed by atoms with Crippen LogP contribution in [-0.2, 0) is 6.42 Å². The molecule has 5 heteroatoms. The zero-order chi connectivity index (χ0) is 16.7. The fourth-order valence-corrected chi connectivity index (χ4v) is 3.06. The highest BCUT2D eigenvalue weighted by molar-refractivity contribution is 6.16. The van der Waals surface area contributed by atoms with Gasteiger partial charge < -0.3 is 18.9 Å². The Morgan fingerprint density at radius 1 is 1.00 bits per heavy atom. The first-order valence-electron chi connectivity index (χ1n) is 7.59. The van der Waals surface area contributed by atoms with E-state index in [9.17, 15) is 4.79 Å². The maximum Gasteiger partial charge on any atom is 0.231 e.